The van der Waals surface area contributed by atoms with Crippen LogP contribution in [0, 0.1) is 12.8 Å². The number of aryl methyl sites for hydroxylation is 1. The fourth-order valence-corrected chi connectivity index (χ4v) is 2.98. The van der Waals surface area contributed by atoms with Gasteiger partial charge in [0.1, 0.15) is 11.6 Å². The number of hydrogen-bond acceptors (Lipinski definition) is 5. The van der Waals surface area contributed by atoms with Crippen molar-refractivity contribution in [3.63, 3.8) is 0 Å². The van der Waals surface area contributed by atoms with Crippen LogP contribution in [0.15, 0.2) is 42.9 Å². The lowest BCUT2D eigenvalue weighted by molar-refractivity contribution is -0.123. The van der Waals surface area contributed by atoms with Gasteiger partial charge in [0.05, 0.1) is 6.20 Å². The second-order valence-corrected chi connectivity index (χ2v) is 6.40. The Bertz CT molecular complexity index is 685. The number of piperidine rings is 1. The average Bonchev–Trinajstić information content (AvgIpc) is 2.66. The number of rotatable bonds is 6. The Balaban J connectivity index is 1.36. The van der Waals surface area contributed by atoms with E-state index in [2.05, 4.69) is 20.2 Å². The van der Waals surface area contributed by atoms with E-state index < -0.39 is 0 Å². The van der Waals surface area contributed by atoms with Crippen LogP contribution in [0.5, 0.6) is 5.75 Å². The van der Waals surface area contributed by atoms with Crippen LogP contribution in [0.3, 0.4) is 0 Å². The lowest BCUT2D eigenvalue weighted by Gasteiger charge is -2.32. The molecule has 0 spiro atoms. The van der Waals surface area contributed by atoms with Gasteiger partial charge in [-0.05, 0) is 43.4 Å². The number of carbonyl (C=O) groups excluding carboxylic acids is 1. The fraction of sp³-hybridized carbons (Fsp3) is 0.421. The third-order valence-corrected chi connectivity index (χ3v) is 4.44. The van der Waals surface area contributed by atoms with Gasteiger partial charge < -0.3 is 15.0 Å². The lowest BCUT2D eigenvalue weighted by Crippen LogP contribution is -2.40. The van der Waals surface area contributed by atoms with Crippen LogP contribution in [0.4, 0.5) is 5.82 Å². The SMILES string of the molecule is Cc1cccc(OCC(=O)NCC2CCN(c3cnccn3)CC2)c1. The first-order valence-electron chi connectivity index (χ1n) is 8.68. The molecule has 6 heteroatoms. The van der Waals surface area contributed by atoms with Crippen LogP contribution < -0.4 is 15.0 Å². The molecular weight excluding hydrogens is 316 g/mol. The molecule has 132 valence electrons. The van der Waals surface area contributed by atoms with Crippen LogP contribution in [-0.2, 0) is 4.79 Å². The first-order valence-corrected chi connectivity index (χ1v) is 8.68. The molecule has 1 N–H and O–H groups in total. The Kier molecular flexibility index (Phi) is 5.82. The number of ether oxygens (including phenoxy) is 1. The molecule has 0 saturated carbocycles. The van der Waals surface area contributed by atoms with Crippen LogP contribution in [0.25, 0.3) is 0 Å². The van der Waals surface area contributed by atoms with E-state index in [0.717, 1.165) is 43.1 Å². The van der Waals surface area contributed by atoms with E-state index in [4.69, 9.17) is 4.74 Å². The van der Waals surface area contributed by atoms with Crippen molar-refractivity contribution in [2.75, 3.05) is 31.1 Å². The predicted octanol–water partition coefficient (Wildman–Crippen LogP) is 2.20. The Morgan fingerprint density at radius 1 is 1.32 bits per heavy atom. The first-order chi connectivity index (χ1) is 12.2. The summed E-state index contributed by atoms with van der Waals surface area (Å²) in [5.41, 5.74) is 1.12. The van der Waals surface area contributed by atoms with E-state index in [9.17, 15) is 4.79 Å². The normalized spacial score (nSPS) is 15.0. The van der Waals surface area contributed by atoms with E-state index in [1.54, 1.807) is 18.6 Å². The molecule has 3 rings (SSSR count). The Morgan fingerprint density at radius 2 is 2.16 bits per heavy atom. The number of nitrogens with zero attached hydrogens (tertiary/aromatic N) is 3. The maximum atomic E-state index is 12.0. The number of amides is 1. The Morgan fingerprint density at radius 3 is 2.88 bits per heavy atom. The molecule has 1 fully saturated rings. The first kappa shape index (κ1) is 17.2. The van der Waals surface area contributed by atoms with Gasteiger partial charge in [-0.1, -0.05) is 12.1 Å². The van der Waals surface area contributed by atoms with Gasteiger partial charge >= 0.3 is 0 Å². The van der Waals surface area contributed by atoms with Crippen molar-refractivity contribution in [2.45, 2.75) is 19.8 Å². The number of carbonyl (C=O) groups is 1. The summed E-state index contributed by atoms with van der Waals surface area (Å²) in [6, 6.07) is 7.71. The minimum absolute atomic E-state index is 0.0574. The molecule has 25 heavy (non-hydrogen) atoms. The van der Waals surface area contributed by atoms with Crippen molar-refractivity contribution < 1.29 is 9.53 Å². The number of hydrogen-bond donors (Lipinski definition) is 1. The standard InChI is InChI=1S/C19H24N4O2/c1-15-3-2-4-17(11-15)25-14-19(24)22-12-16-5-9-23(10-6-16)18-13-20-7-8-21-18/h2-4,7-8,11,13,16H,5-6,9-10,12,14H2,1H3,(H,22,24). The van der Waals surface area contributed by atoms with E-state index in [0.29, 0.717) is 12.5 Å². The molecule has 1 aromatic heterocycles. The van der Waals surface area contributed by atoms with Gasteiger partial charge in [0, 0.05) is 32.0 Å². The molecule has 0 aliphatic carbocycles. The highest BCUT2D eigenvalue weighted by atomic mass is 16.5. The molecule has 0 unspecified atom stereocenters. The molecule has 2 aromatic rings. The van der Waals surface area contributed by atoms with Gasteiger partial charge in [-0.3, -0.25) is 9.78 Å². The summed E-state index contributed by atoms with van der Waals surface area (Å²) < 4.78 is 5.53. The maximum Gasteiger partial charge on any atom is 0.257 e. The number of nitrogens with one attached hydrogen (secondary N) is 1. The van der Waals surface area contributed by atoms with Crippen LogP contribution in [0.2, 0.25) is 0 Å². The highest BCUT2D eigenvalue weighted by Gasteiger charge is 2.20. The third kappa shape index (κ3) is 5.17. The largest absolute Gasteiger partial charge is 0.484 e. The lowest BCUT2D eigenvalue weighted by atomic mass is 9.97. The molecule has 1 aromatic carbocycles. The van der Waals surface area contributed by atoms with Crippen molar-refractivity contribution in [1.29, 1.82) is 0 Å². The van der Waals surface area contributed by atoms with Gasteiger partial charge in [-0.15, -0.1) is 0 Å². The molecule has 0 atom stereocenters. The fourth-order valence-electron chi connectivity index (χ4n) is 2.98. The smallest absolute Gasteiger partial charge is 0.257 e. The van der Waals surface area contributed by atoms with Crippen molar-refractivity contribution in [3.05, 3.63) is 48.4 Å². The summed E-state index contributed by atoms with van der Waals surface area (Å²) >= 11 is 0. The molecule has 1 aliphatic rings. The quantitative estimate of drug-likeness (QED) is 0.873. The highest BCUT2D eigenvalue weighted by Crippen LogP contribution is 2.20. The van der Waals surface area contributed by atoms with E-state index in [1.807, 2.05) is 31.2 Å². The average molecular weight is 340 g/mol. The van der Waals surface area contributed by atoms with Gasteiger partial charge in [-0.2, -0.15) is 0 Å². The zero-order valence-electron chi connectivity index (χ0n) is 14.5. The van der Waals surface area contributed by atoms with Crippen molar-refractivity contribution in [1.82, 2.24) is 15.3 Å². The summed E-state index contributed by atoms with van der Waals surface area (Å²) in [5.74, 6) is 2.08. The second-order valence-electron chi connectivity index (χ2n) is 6.40. The molecule has 0 bridgehead atoms. The number of benzene rings is 1. The van der Waals surface area contributed by atoms with E-state index in [1.165, 1.54) is 0 Å². The predicted molar refractivity (Wildman–Crippen MR) is 96.7 cm³/mol. The maximum absolute atomic E-state index is 12.0. The molecule has 1 amide bonds. The number of anilines is 1. The third-order valence-electron chi connectivity index (χ3n) is 4.44. The second kappa shape index (κ2) is 8.46. The number of aromatic nitrogens is 2. The van der Waals surface area contributed by atoms with Crippen molar-refractivity contribution in [2.24, 2.45) is 5.92 Å². The molecule has 1 aliphatic heterocycles. The van der Waals surface area contributed by atoms with E-state index in [-0.39, 0.29) is 12.5 Å². The van der Waals surface area contributed by atoms with Gasteiger partial charge in [0.2, 0.25) is 0 Å². The summed E-state index contributed by atoms with van der Waals surface area (Å²) in [6.45, 7) is 4.64. The summed E-state index contributed by atoms with van der Waals surface area (Å²) in [4.78, 5) is 22.7. The zero-order valence-corrected chi connectivity index (χ0v) is 14.5. The van der Waals surface area contributed by atoms with Gasteiger partial charge in [0.25, 0.3) is 5.91 Å². The summed E-state index contributed by atoms with van der Waals surface area (Å²) in [7, 11) is 0. The van der Waals surface area contributed by atoms with Crippen LogP contribution in [-0.4, -0.2) is 42.1 Å². The minimum Gasteiger partial charge on any atom is -0.484 e. The minimum atomic E-state index is -0.0714. The molecule has 1 saturated heterocycles. The molecule has 2 heterocycles. The van der Waals surface area contributed by atoms with Crippen LogP contribution in [0.1, 0.15) is 18.4 Å². The Labute approximate surface area is 148 Å². The van der Waals surface area contributed by atoms with Crippen molar-refractivity contribution in [3.8, 4) is 5.75 Å². The molecule has 0 radical (unpaired) electrons. The highest BCUT2D eigenvalue weighted by molar-refractivity contribution is 5.77. The van der Waals surface area contributed by atoms with Crippen LogP contribution >= 0.6 is 0 Å². The molecular formula is C19H24N4O2. The summed E-state index contributed by atoms with van der Waals surface area (Å²) in [6.07, 6.45) is 7.27. The monoisotopic (exact) mass is 340 g/mol. The zero-order chi connectivity index (χ0) is 17.5. The van der Waals surface area contributed by atoms with Gasteiger partial charge in [-0.25, -0.2) is 4.98 Å². The Hall–Kier alpha value is -2.63. The van der Waals surface area contributed by atoms with Crippen molar-refractivity contribution >= 4 is 11.7 Å². The topological polar surface area (TPSA) is 67.3 Å². The van der Waals surface area contributed by atoms with E-state index >= 15 is 0 Å². The molecule has 6 nitrogen and oxygen atoms in total. The van der Waals surface area contributed by atoms with Gasteiger partial charge in [0.15, 0.2) is 6.61 Å². The summed E-state index contributed by atoms with van der Waals surface area (Å²) in [5, 5.41) is 2.98.